The zero-order valence-electron chi connectivity index (χ0n) is 20.4. The number of anilines is 2. The summed E-state index contributed by atoms with van der Waals surface area (Å²) < 4.78 is 0. The lowest BCUT2D eigenvalue weighted by molar-refractivity contribution is -0.121. The number of rotatable bonds is 3. The summed E-state index contributed by atoms with van der Waals surface area (Å²) in [7, 11) is 0. The molecule has 5 rings (SSSR count). The van der Waals surface area contributed by atoms with Crippen molar-refractivity contribution < 1.29 is 19.2 Å². The second-order valence-corrected chi connectivity index (χ2v) is 9.57. The highest BCUT2D eigenvalue weighted by atomic mass is 16.2. The summed E-state index contributed by atoms with van der Waals surface area (Å²) in [6.45, 7) is 9.58. The van der Waals surface area contributed by atoms with Gasteiger partial charge in [-0.05, 0) is 98.3 Å². The second kappa shape index (κ2) is 8.01. The zero-order valence-corrected chi connectivity index (χ0v) is 20.4. The molecule has 0 aliphatic carbocycles. The molecular formula is C29H26N2O4. The van der Waals surface area contributed by atoms with Gasteiger partial charge < -0.3 is 0 Å². The molecule has 2 aliphatic rings. The first-order valence-electron chi connectivity index (χ1n) is 11.6. The first-order valence-corrected chi connectivity index (χ1v) is 11.6. The van der Waals surface area contributed by atoms with Gasteiger partial charge in [0.25, 0.3) is 11.8 Å². The lowest BCUT2D eigenvalue weighted by atomic mass is 9.91. The van der Waals surface area contributed by atoms with Crippen LogP contribution in [0.15, 0.2) is 48.5 Å². The Kier molecular flexibility index (Phi) is 5.20. The molecule has 0 aromatic heterocycles. The Morgan fingerprint density at radius 2 is 1.20 bits per heavy atom. The van der Waals surface area contributed by atoms with E-state index in [9.17, 15) is 19.2 Å². The van der Waals surface area contributed by atoms with E-state index in [-0.39, 0.29) is 29.7 Å². The van der Waals surface area contributed by atoms with Crippen molar-refractivity contribution in [1.29, 1.82) is 0 Å². The maximum absolute atomic E-state index is 13.4. The summed E-state index contributed by atoms with van der Waals surface area (Å²) in [6, 6.07) is 14.4. The molecule has 3 aromatic carbocycles. The smallest absolute Gasteiger partial charge is 0.266 e. The van der Waals surface area contributed by atoms with Gasteiger partial charge in [-0.1, -0.05) is 18.2 Å². The number of imide groups is 2. The lowest BCUT2D eigenvalue weighted by Gasteiger charge is -2.17. The second-order valence-electron chi connectivity index (χ2n) is 9.57. The van der Waals surface area contributed by atoms with Crippen molar-refractivity contribution in [3.05, 3.63) is 93.0 Å². The fourth-order valence-corrected chi connectivity index (χ4v) is 4.92. The molecule has 1 atom stereocenters. The third-order valence-electron chi connectivity index (χ3n) is 7.25. The highest BCUT2D eigenvalue weighted by Gasteiger charge is 2.43. The number of benzene rings is 3. The van der Waals surface area contributed by atoms with Gasteiger partial charge in [0.2, 0.25) is 11.8 Å². The number of hydrogen-bond acceptors (Lipinski definition) is 4. The molecule has 0 spiro atoms. The molecule has 6 heteroatoms. The summed E-state index contributed by atoms with van der Waals surface area (Å²) in [4.78, 5) is 55.3. The number of fused-ring (bicyclic) bond motifs is 1. The molecule has 2 heterocycles. The van der Waals surface area contributed by atoms with Crippen molar-refractivity contribution in [2.75, 3.05) is 9.80 Å². The highest BCUT2D eigenvalue weighted by molar-refractivity contribution is 6.35. The van der Waals surface area contributed by atoms with Crippen molar-refractivity contribution in [2.45, 2.75) is 47.0 Å². The van der Waals surface area contributed by atoms with Gasteiger partial charge in [0.15, 0.2) is 0 Å². The standard InChI is InChI=1S/C29H26N2O4/c1-15-6-8-21(11-17(15)3)30-25(32)14-23(27(30)33)20-10-19(5)26-24(13-20)28(34)31(29(26)35)22-9-7-16(2)18(4)12-22/h6-13,23H,14H2,1-5H3. The highest BCUT2D eigenvalue weighted by Crippen LogP contribution is 2.38. The minimum atomic E-state index is -0.702. The van der Waals surface area contributed by atoms with E-state index in [1.807, 2.05) is 52.0 Å². The van der Waals surface area contributed by atoms with Crippen molar-refractivity contribution in [3.63, 3.8) is 0 Å². The average Bonchev–Trinajstić information content (AvgIpc) is 3.24. The number of nitrogens with zero attached hydrogens (tertiary/aromatic N) is 2. The van der Waals surface area contributed by atoms with E-state index in [1.165, 1.54) is 9.80 Å². The van der Waals surface area contributed by atoms with E-state index in [1.54, 1.807) is 31.2 Å². The van der Waals surface area contributed by atoms with E-state index in [4.69, 9.17) is 0 Å². The van der Waals surface area contributed by atoms with Gasteiger partial charge in [0, 0.05) is 6.42 Å². The maximum atomic E-state index is 13.4. The van der Waals surface area contributed by atoms with Crippen LogP contribution in [0.25, 0.3) is 0 Å². The zero-order chi connectivity index (χ0) is 25.2. The van der Waals surface area contributed by atoms with Gasteiger partial charge in [0.1, 0.15) is 0 Å². The number of carbonyl (C=O) groups excluding carboxylic acids is 4. The largest absolute Gasteiger partial charge is 0.274 e. The molecule has 35 heavy (non-hydrogen) atoms. The molecule has 6 nitrogen and oxygen atoms in total. The third kappa shape index (κ3) is 3.48. The predicted molar refractivity (Wildman–Crippen MR) is 134 cm³/mol. The van der Waals surface area contributed by atoms with Crippen LogP contribution >= 0.6 is 0 Å². The molecule has 0 N–H and O–H groups in total. The summed E-state index contributed by atoms with van der Waals surface area (Å²) >= 11 is 0. The first kappa shape index (κ1) is 22.7. The molecule has 3 aromatic rings. The summed E-state index contributed by atoms with van der Waals surface area (Å²) in [6.07, 6.45) is 0.0208. The van der Waals surface area contributed by atoms with E-state index in [0.29, 0.717) is 28.1 Å². The van der Waals surface area contributed by atoms with Crippen molar-refractivity contribution in [2.24, 2.45) is 0 Å². The van der Waals surface area contributed by atoms with Crippen LogP contribution in [0.5, 0.6) is 0 Å². The Morgan fingerprint density at radius 1 is 0.629 bits per heavy atom. The van der Waals surface area contributed by atoms with Gasteiger partial charge in [-0.3, -0.25) is 19.2 Å². The quantitative estimate of drug-likeness (QED) is 0.505. The molecule has 0 saturated carbocycles. The molecule has 0 bridgehead atoms. The van der Waals surface area contributed by atoms with E-state index < -0.39 is 11.8 Å². The topological polar surface area (TPSA) is 74.8 Å². The lowest BCUT2D eigenvalue weighted by Crippen LogP contribution is -2.30. The molecule has 0 radical (unpaired) electrons. The Hall–Kier alpha value is -4.06. The molecule has 1 fully saturated rings. The predicted octanol–water partition coefficient (Wildman–Crippen LogP) is 5.08. The van der Waals surface area contributed by atoms with E-state index >= 15 is 0 Å². The van der Waals surface area contributed by atoms with Gasteiger partial charge >= 0.3 is 0 Å². The van der Waals surface area contributed by atoms with Crippen LogP contribution in [0.4, 0.5) is 11.4 Å². The Labute approximate surface area is 204 Å². The van der Waals surface area contributed by atoms with Crippen LogP contribution in [-0.4, -0.2) is 23.6 Å². The number of aryl methyl sites for hydroxylation is 5. The summed E-state index contributed by atoms with van der Waals surface area (Å²) in [5.74, 6) is -2.09. The van der Waals surface area contributed by atoms with Gasteiger partial charge in [0.05, 0.1) is 28.4 Å². The molecule has 4 amide bonds. The van der Waals surface area contributed by atoms with Crippen LogP contribution in [0.1, 0.15) is 66.4 Å². The van der Waals surface area contributed by atoms with Gasteiger partial charge in [-0.25, -0.2) is 9.80 Å². The summed E-state index contributed by atoms with van der Waals surface area (Å²) in [5.41, 5.74) is 7.02. The Bertz CT molecular complexity index is 1470. The fourth-order valence-electron chi connectivity index (χ4n) is 4.92. The molecule has 1 saturated heterocycles. The minimum absolute atomic E-state index is 0.0208. The monoisotopic (exact) mass is 466 g/mol. The van der Waals surface area contributed by atoms with E-state index in [2.05, 4.69) is 0 Å². The molecule has 2 aliphatic heterocycles. The summed E-state index contributed by atoms with van der Waals surface area (Å²) in [5, 5.41) is 0. The average molecular weight is 467 g/mol. The SMILES string of the molecule is Cc1ccc(N2C(=O)c3cc(C4CC(=O)N(c5ccc(C)c(C)c5)C4=O)cc(C)c3C2=O)cc1C. The molecule has 176 valence electrons. The van der Waals surface area contributed by atoms with Crippen LogP contribution in [0, 0.1) is 34.6 Å². The van der Waals surface area contributed by atoms with Crippen molar-refractivity contribution >= 4 is 35.0 Å². The Balaban J connectivity index is 1.52. The van der Waals surface area contributed by atoms with Crippen LogP contribution in [0.2, 0.25) is 0 Å². The fraction of sp³-hybridized carbons (Fsp3) is 0.241. The van der Waals surface area contributed by atoms with Crippen LogP contribution in [0.3, 0.4) is 0 Å². The van der Waals surface area contributed by atoms with Crippen LogP contribution in [-0.2, 0) is 9.59 Å². The Morgan fingerprint density at radius 3 is 1.77 bits per heavy atom. The van der Waals surface area contributed by atoms with Gasteiger partial charge in [-0.2, -0.15) is 0 Å². The van der Waals surface area contributed by atoms with Gasteiger partial charge in [-0.15, -0.1) is 0 Å². The maximum Gasteiger partial charge on any atom is 0.266 e. The third-order valence-corrected chi connectivity index (χ3v) is 7.25. The molecular weight excluding hydrogens is 440 g/mol. The van der Waals surface area contributed by atoms with Crippen molar-refractivity contribution in [3.8, 4) is 0 Å². The van der Waals surface area contributed by atoms with E-state index in [0.717, 1.165) is 22.3 Å². The number of carbonyl (C=O) groups is 4. The first-order chi connectivity index (χ1) is 16.6. The normalized spacial score (nSPS) is 17.6. The van der Waals surface area contributed by atoms with Crippen LogP contribution < -0.4 is 9.80 Å². The molecule has 1 unspecified atom stereocenters. The number of amides is 4. The number of hydrogen-bond donors (Lipinski definition) is 0. The van der Waals surface area contributed by atoms with Crippen molar-refractivity contribution in [1.82, 2.24) is 0 Å². The minimum Gasteiger partial charge on any atom is -0.274 e.